The van der Waals surface area contributed by atoms with Gasteiger partial charge < -0.3 is 14.7 Å². The van der Waals surface area contributed by atoms with Gasteiger partial charge in [-0.3, -0.25) is 9.88 Å². The number of halogens is 1. The number of ether oxygens (including phenoxy) is 1. The van der Waals surface area contributed by atoms with Crippen molar-refractivity contribution in [2.45, 2.75) is 71.4 Å². The van der Waals surface area contributed by atoms with E-state index in [1.54, 1.807) is 0 Å². The van der Waals surface area contributed by atoms with Crippen molar-refractivity contribution < 1.29 is 9.84 Å². The first-order chi connectivity index (χ1) is 18.7. The van der Waals surface area contributed by atoms with E-state index < -0.39 is 5.60 Å². The second-order valence-corrected chi connectivity index (χ2v) is 12.0. The molecule has 1 N–H and O–H groups in total. The summed E-state index contributed by atoms with van der Waals surface area (Å²) in [5, 5.41) is 11.5. The summed E-state index contributed by atoms with van der Waals surface area (Å²) in [6.07, 6.45) is 6.28. The second-order valence-electron chi connectivity index (χ2n) is 11.6. The lowest BCUT2D eigenvalue weighted by molar-refractivity contribution is 0.0785. The molecule has 0 amide bonds. The fraction of sp³-hybridized carbons (Fsp3) is 0.424. The minimum Gasteiger partial charge on any atom is -0.487 e. The van der Waals surface area contributed by atoms with Gasteiger partial charge in [-0.25, -0.2) is 0 Å². The molecule has 0 bridgehead atoms. The van der Waals surface area contributed by atoms with E-state index in [2.05, 4.69) is 59.0 Å². The van der Waals surface area contributed by atoms with Gasteiger partial charge in [-0.15, -0.1) is 0 Å². The summed E-state index contributed by atoms with van der Waals surface area (Å²) in [6, 6.07) is 19.4. The van der Waals surface area contributed by atoms with Gasteiger partial charge in [0, 0.05) is 54.1 Å². The van der Waals surface area contributed by atoms with E-state index in [4.69, 9.17) is 16.3 Å². The predicted molar refractivity (Wildman–Crippen MR) is 159 cm³/mol. The van der Waals surface area contributed by atoms with Crippen LogP contribution in [0.5, 0.6) is 5.75 Å². The molecule has 3 heterocycles. The normalized spacial score (nSPS) is 18.8. The van der Waals surface area contributed by atoms with Crippen molar-refractivity contribution >= 4 is 17.2 Å². The highest BCUT2D eigenvalue weighted by Gasteiger charge is 2.29. The Balaban J connectivity index is 1.32. The van der Waals surface area contributed by atoms with Crippen LogP contribution in [0, 0.1) is 0 Å². The third-order valence-corrected chi connectivity index (χ3v) is 8.22. The van der Waals surface area contributed by atoms with Crippen LogP contribution in [0.4, 0.5) is 0 Å². The molecule has 2 aliphatic rings. The van der Waals surface area contributed by atoms with Crippen molar-refractivity contribution in [1.82, 2.24) is 14.8 Å². The summed E-state index contributed by atoms with van der Waals surface area (Å²) in [6.45, 7) is 12.8. The Bertz CT molecular complexity index is 1310. The highest BCUT2D eigenvalue weighted by atomic mass is 35.5. The number of rotatable bonds is 8. The molecule has 1 aromatic heterocycles. The van der Waals surface area contributed by atoms with Crippen LogP contribution < -0.4 is 4.74 Å². The molecule has 6 heteroatoms. The number of nitrogens with zero attached hydrogens (tertiary/aromatic N) is 3. The number of aromatic nitrogens is 1. The van der Waals surface area contributed by atoms with Gasteiger partial charge in [0.05, 0.1) is 11.3 Å². The highest BCUT2D eigenvalue weighted by molar-refractivity contribution is 6.30. The highest BCUT2D eigenvalue weighted by Crippen LogP contribution is 2.38. The number of aliphatic hydroxyl groups is 1. The maximum atomic E-state index is 10.7. The van der Waals surface area contributed by atoms with Crippen LogP contribution in [0.2, 0.25) is 5.02 Å². The monoisotopic (exact) mass is 545 g/mol. The number of pyridine rings is 1. The van der Waals surface area contributed by atoms with Gasteiger partial charge in [0.2, 0.25) is 0 Å². The van der Waals surface area contributed by atoms with Crippen LogP contribution in [0.15, 0.2) is 66.9 Å². The zero-order chi connectivity index (χ0) is 27.6. The molecule has 0 spiro atoms. The van der Waals surface area contributed by atoms with Gasteiger partial charge in [0.15, 0.2) is 0 Å². The molecule has 1 saturated heterocycles. The SMILES string of the molecule is CC(C)N(Cc1ccc(Cl)cc1)C1CCN(CCC=C2c3cc(C(C)(C)O)ccc3OCc3ncccc32)C1. The van der Waals surface area contributed by atoms with Crippen LogP contribution in [-0.4, -0.2) is 51.6 Å². The van der Waals surface area contributed by atoms with Crippen molar-refractivity contribution in [3.8, 4) is 5.75 Å². The third-order valence-electron chi connectivity index (χ3n) is 7.97. The van der Waals surface area contributed by atoms with Crippen LogP contribution in [-0.2, 0) is 18.8 Å². The van der Waals surface area contributed by atoms with Gasteiger partial charge in [-0.1, -0.05) is 41.9 Å². The van der Waals surface area contributed by atoms with Gasteiger partial charge in [-0.2, -0.15) is 0 Å². The number of hydrogen-bond acceptors (Lipinski definition) is 5. The van der Waals surface area contributed by atoms with Gasteiger partial charge in [-0.05, 0) is 94.1 Å². The average molecular weight is 546 g/mol. The van der Waals surface area contributed by atoms with Crippen LogP contribution >= 0.6 is 11.6 Å². The Hall–Kier alpha value is -2.70. The molecule has 2 aromatic carbocycles. The Labute approximate surface area is 238 Å². The zero-order valence-corrected chi connectivity index (χ0v) is 24.3. The molecule has 0 radical (unpaired) electrons. The molecular formula is C33H40ClN3O2. The molecule has 1 unspecified atom stereocenters. The minimum atomic E-state index is -0.928. The van der Waals surface area contributed by atoms with E-state index in [0.717, 1.165) is 71.3 Å². The van der Waals surface area contributed by atoms with Crippen molar-refractivity contribution in [2.75, 3.05) is 19.6 Å². The lowest BCUT2D eigenvalue weighted by Crippen LogP contribution is -2.41. The number of likely N-dealkylation sites (tertiary alicyclic amines) is 1. The summed E-state index contributed by atoms with van der Waals surface area (Å²) in [5.74, 6) is 0.836. The summed E-state index contributed by atoms with van der Waals surface area (Å²) in [5.41, 5.74) is 5.47. The second kappa shape index (κ2) is 11.8. The number of fused-ring (bicyclic) bond motifs is 2. The average Bonchev–Trinajstić information content (AvgIpc) is 3.31. The van der Waals surface area contributed by atoms with Crippen molar-refractivity contribution in [3.05, 3.63) is 99.8 Å². The Kier molecular flexibility index (Phi) is 8.43. The molecule has 5 rings (SSSR count). The molecular weight excluding hydrogens is 506 g/mol. The maximum Gasteiger partial charge on any atom is 0.131 e. The first kappa shape index (κ1) is 27.9. The van der Waals surface area contributed by atoms with Gasteiger partial charge in [0.1, 0.15) is 12.4 Å². The molecule has 1 fully saturated rings. The molecule has 0 saturated carbocycles. The Morgan fingerprint density at radius 3 is 2.69 bits per heavy atom. The van der Waals surface area contributed by atoms with Gasteiger partial charge >= 0.3 is 0 Å². The van der Waals surface area contributed by atoms with Gasteiger partial charge in [0.25, 0.3) is 0 Å². The van der Waals surface area contributed by atoms with E-state index in [1.807, 2.05) is 50.4 Å². The predicted octanol–water partition coefficient (Wildman–Crippen LogP) is 6.66. The summed E-state index contributed by atoms with van der Waals surface area (Å²) >= 11 is 6.11. The number of hydrogen-bond donors (Lipinski definition) is 1. The summed E-state index contributed by atoms with van der Waals surface area (Å²) < 4.78 is 6.16. The van der Waals surface area contributed by atoms with Crippen molar-refractivity contribution in [1.29, 1.82) is 0 Å². The largest absolute Gasteiger partial charge is 0.487 e. The van der Waals surface area contributed by atoms with E-state index in [9.17, 15) is 5.11 Å². The third kappa shape index (κ3) is 6.55. The van der Waals surface area contributed by atoms with Crippen molar-refractivity contribution in [2.24, 2.45) is 0 Å². The molecule has 0 aliphatic carbocycles. The Morgan fingerprint density at radius 1 is 1.15 bits per heavy atom. The Morgan fingerprint density at radius 2 is 1.95 bits per heavy atom. The standard InChI is InChI=1S/C33H40ClN3O2/c1-23(2)37(20-24-9-12-26(34)13-10-24)27-15-18-36(21-27)17-6-8-28-29-7-5-16-35-31(29)22-39-32-14-11-25(19-30(28)32)33(3,4)38/h5,7-14,16,19,23,27,38H,6,15,17-18,20-22H2,1-4H3. The molecule has 3 aromatic rings. The number of benzene rings is 2. The quantitative estimate of drug-likeness (QED) is 0.343. The minimum absolute atomic E-state index is 0.439. The fourth-order valence-corrected chi connectivity index (χ4v) is 5.89. The van der Waals surface area contributed by atoms with Crippen LogP contribution in [0.25, 0.3) is 5.57 Å². The first-order valence-electron chi connectivity index (χ1n) is 14.1. The van der Waals surface area contributed by atoms with Crippen molar-refractivity contribution in [3.63, 3.8) is 0 Å². The molecule has 39 heavy (non-hydrogen) atoms. The van der Waals surface area contributed by atoms with Crippen LogP contribution in [0.3, 0.4) is 0 Å². The first-order valence-corrected chi connectivity index (χ1v) is 14.4. The topological polar surface area (TPSA) is 48.8 Å². The molecule has 5 nitrogen and oxygen atoms in total. The zero-order valence-electron chi connectivity index (χ0n) is 23.5. The maximum absolute atomic E-state index is 10.7. The summed E-state index contributed by atoms with van der Waals surface area (Å²) in [7, 11) is 0. The lowest BCUT2D eigenvalue weighted by atomic mass is 9.90. The van der Waals surface area contributed by atoms with E-state index in [0.29, 0.717) is 18.7 Å². The smallest absolute Gasteiger partial charge is 0.131 e. The van der Waals surface area contributed by atoms with E-state index >= 15 is 0 Å². The summed E-state index contributed by atoms with van der Waals surface area (Å²) in [4.78, 5) is 9.83. The van der Waals surface area contributed by atoms with Crippen LogP contribution in [0.1, 0.15) is 68.5 Å². The lowest BCUT2D eigenvalue weighted by Gasteiger charge is -2.33. The molecule has 206 valence electrons. The van der Waals surface area contributed by atoms with E-state index in [1.165, 1.54) is 12.0 Å². The molecule has 1 atom stereocenters. The van der Waals surface area contributed by atoms with E-state index in [-0.39, 0.29) is 0 Å². The molecule has 2 aliphatic heterocycles. The fourth-order valence-electron chi connectivity index (χ4n) is 5.77.